The third kappa shape index (κ3) is 3.47. The molecule has 2 atom stereocenters. The lowest BCUT2D eigenvalue weighted by atomic mass is 9.90. The highest BCUT2D eigenvalue weighted by atomic mass is 35.5. The second-order valence-electron chi connectivity index (χ2n) is 5.53. The molecular formula is C13H25ClN2. The Hall–Kier alpha value is -0.0500. The number of nitrogens with zero attached hydrogens (tertiary/aromatic N) is 1. The van der Waals surface area contributed by atoms with Gasteiger partial charge in [0.15, 0.2) is 0 Å². The SMILES string of the molecule is C=C(Cl)CN1CC(C)(CC)NCC1C(C)C. The van der Waals surface area contributed by atoms with Gasteiger partial charge in [-0.3, -0.25) is 4.90 Å². The van der Waals surface area contributed by atoms with E-state index in [0.29, 0.717) is 12.0 Å². The van der Waals surface area contributed by atoms with Gasteiger partial charge in [-0.1, -0.05) is 39.0 Å². The molecule has 0 aromatic carbocycles. The van der Waals surface area contributed by atoms with Crippen LogP contribution in [-0.4, -0.2) is 36.1 Å². The van der Waals surface area contributed by atoms with E-state index in [1.165, 1.54) is 0 Å². The lowest BCUT2D eigenvalue weighted by Crippen LogP contribution is -2.64. The minimum atomic E-state index is 0.220. The van der Waals surface area contributed by atoms with Gasteiger partial charge in [-0.2, -0.15) is 0 Å². The minimum Gasteiger partial charge on any atom is -0.309 e. The molecule has 0 radical (unpaired) electrons. The molecule has 2 unspecified atom stereocenters. The highest BCUT2D eigenvalue weighted by Gasteiger charge is 2.35. The van der Waals surface area contributed by atoms with Crippen LogP contribution >= 0.6 is 11.6 Å². The summed E-state index contributed by atoms with van der Waals surface area (Å²) in [6.07, 6.45) is 1.14. The maximum absolute atomic E-state index is 5.96. The van der Waals surface area contributed by atoms with E-state index in [-0.39, 0.29) is 5.54 Å². The summed E-state index contributed by atoms with van der Waals surface area (Å²) in [4.78, 5) is 2.47. The van der Waals surface area contributed by atoms with Crippen molar-refractivity contribution in [2.45, 2.75) is 45.7 Å². The predicted octanol–water partition coefficient (Wildman–Crippen LogP) is 2.84. The van der Waals surface area contributed by atoms with Crippen LogP contribution in [0.3, 0.4) is 0 Å². The lowest BCUT2D eigenvalue weighted by Gasteiger charge is -2.47. The molecule has 1 fully saturated rings. The van der Waals surface area contributed by atoms with Crippen LogP contribution < -0.4 is 5.32 Å². The molecule has 0 aliphatic carbocycles. The van der Waals surface area contributed by atoms with Crippen LogP contribution in [0, 0.1) is 5.92 Å². The van der Waals surface area contributed by atoms with Crippen molar-refractivity contribution >= 4 is 11.6 Å². The molecule has 0 aromatic heterocycles. The lowest BCUT2D eigenvalue weighted by molar-refractivity contribution is 0.0700. The summed E-state index contributed by atoms with van der Waals surface area (Å²) in [5.74, 6) is 0.643. The summed E-state index contributed by atoms with van der Waals surface area (Å²) < 4.78 is 0. The van der Waals surface area contributed by atoms with E-state index in [1.807, 2.05) is 0 Å². The van der Waals surface area contributed by atoms with Crippen molar-refractivity contribution in [1.82, 2.24) is 10.2 Å². The van der Waals surface area contributed by atoms with Crippen molar-refractivity contribution in [3.63, 3.8) is 0 Å². The Morgan fingerprint density at radius 2 is 2.25 bits per heavy atom. The quantitative estimate of drug-likeness (QED) is 0.818. The summed E-state index contributed by atoms with van der Waals surface area (Å²) in [6, 6.07) is 0.565. The Morgan fingerprint density at radius 3 is 2.69 bits per heavy atom. The molecule has 3 heteroatoms. The normalized spacial score (nSPS) is 32.0. The third-order valence-electron chi connectivity index (χ3n) is 3.68. The van der Waals surface area contributed by atoms with Crippen LogP contribution in [0.2, 0.25) is 0 Å². The van der Waals surface area contributed by atoms with Crippen molar-refractivity contribution in [1.29, 1.82) is 0 Å². The second-order valence-corrected chi connectivity index (χ2v) is 6.06. The van der Waals surface area contributed by atoms with E-state index in [1.54, 1.807) is 0 Å². The number of rotatable bonds is 4. The monoisotopic (exact) mass is 244 g/mol. The Bertz CT molecular complexity index is 252. The highest BCUT2D eigenvalue weighted by molar-refractivity contribution is 6.29. The van der Waals surface area contributed by atoms with Crippen LogP contribution in [-0.2, 0) is 0 Å². The van der Waals surface area contributed by atoms with E-state index in [4.69, 9.17) is 11.6 Å². The first-order valence-electron chi connectivity index (χ1n) is 6.20. The zero-order valence-corrected chi connectivity index (χ0v) is 11.8. The van der Waals surface area contributed by atoms with Gasteiger partial charge in [0, 0.05) is 36.2 Å². The average Bonchev–Trinajstić information content (AvgIpc) is 2.16. The number of piperazine rings is 1. The Kier molecular flexibility index (Phi) is 4.84. The van der Waals surface area contributed by atoms with Crippen LogP contribution in [0.15, 0.2) is 11.6 Å². The van der Waals surface area contributed by atoms with Crippen LogP contribution in [0.4, 0.5) is 0 Å². The van der Waals surface area contributed by atoms with Gasteiger partial charge < -0.3 is 5.32 Å². The molecule has 1 aliphatic heterocycles. The Morgan fingerprint density at radius 1 is 1.62 bits per heavy atom. The van der Waals surface area contributed by atoms with Crippen LogP contribution in [0.25, 0.3) is 0 Å². The standard InChI is InChI=1S/C13H25ClN2/c1-6-13(5)9-16(8-11(4)14)12(7-15-13)10(2)3/h10,12,15H,4,6-9H2,1-3,5H3. The topological polar surface area (TPSA) is 15.3 Å². The second kappa shape index (κ2) is 5.52. The fraction of sp³-hybridized carbons (Fsp3) is 0.846. The molecule has 1 heterocycles. The van der Waals surface area contributed by atoms with Crippen molar-refractivity contribution in [2.24, 2.45) is 5.92 Å². The maximum Gasteiger partial charge on any atom is 0.0340 e. The minimum absolute atomic E-state index is 0.220. The summed E-state index contributed by atoms with van der Waals surface area (Å²) >= 11 is 5.96. The summed E-state index contributed by atoms with van der Waals surface area (Å²) in [6.45, 7) is 15.8. The van der Waals surface area contributed by atoms with E-state index >= 15 is 0 Å². The average molecular weight is 245 g/mol. The molecule has 0 amide bonds. The summed E-state index contributed by atoms with van der Waals surface area (Å²) in [7, 11) is 0. The molecule has 1 aliphatic rings. The van der Waals surface area contributed by atoms with Gasteiger partial charge in [0.2, 0.25) is 0 Å². The van der Waals surface area contributed by atoms with Gasteiger partial charge >= 0.3 is 0 Å². The Balaban J connectivity index is 2.73. The molecule has 1 saturated heterocycles. The van der Waals surface area contributed by atoms with Gasteiger partial charge in [-0.25, -0.2) is 0 Å². The fourth-order valence-electron chi connectivity index (χ4n) is 2.39. The number of hydrogen-bond acceptors (Lipinski definition) is 2. The first-order chi connectivity index (χ1) is 7.38. The van der Waals surface area contributed by atoms with Crippen molar-refractivity contribution in [2.75, 3.05) is 19.6 Å². The van der Waals surface area contributed by atoms with E-state index in [2.05, 4.69) is 44.5 Å². The van der Waals surface area contributed by atoms with Gasteiger partial charge in [0.25, 0.3) is 0 Å². The van der Waals surface area contributed by atoms with Crippen molar-refractivity contribution in [3.05, 3.63) is 11.6 Å². The van der Waals surface area contributed by atoms with Crippen molar-refractivity contribution < 1.29 is 0 Å². The van der Waals surface area contributed by atoms with Gasteiger partial charge in [-0.15, -0.1) is 0 Å². The van der Waals surface area contributed by atoms with Gasteiger partial charge in [-0.05, 0) is 19.3 Å². The van der Waals surface area contributed by atoms with Gasteiger partial charge in [0.05, 0.1) is 0 Å². The number of halogens is 1. The van der Waals surface area contributed by atoms with E-state index in [0.717, 1.165) is 31.1 Å². The molecular weight excluding hydrogens is 220 g/mol. The number of hydrogen-bond donors (Lipinski definition) is 1. The molecule has 1 N–H and O–H groups in total. The molecule has 0 bridgehead atoms. The molecule has 0 spiro atoms. The summed E-state index contributed by atoms with van der Waals surface area (Å²) in [5, 5.41) is 4.41. The molecule has 1 rings (SSSR count). The molecule has 16 heavy (non-hydrogen) atoms. The third-order valence-corrected chi connectivity index (χ3v) is 3.80. The smallest absolute Gasteiger partial charge is 0.0340 e. The largest absolute Gasteiger partial charge is 0.309 e. The Labute approximate surface area is 105 Å². The summed E-state index contributed by atoms with van der Waals surface area (Å²) in [5.41, 5.74) is 0.220. The molecule has 94 valence electrons. The molecule has 0 saturated carbocycles. The first kappa shape index (κ1) is 14.0. The van der Waals surface area contributed by atoms with Crippen LogP contribution in [0.5, 0.6) is 0 Å². The molecule has 0 aromatic rings. The van der Waals surface area contributed by atoms with Gasteiger partial charge in [0.1, 0.15) is 0 Å². The van der Waals surface area contributed by atoms with E-state index < -0.39 is 0 Å². The molecule has 2 nitrogen and oxygen atoms in total. The zero-order chi connectivity index (χ0) is 12.3. The highest BCUT2D eigenvalue weighted by Crippen LogP contribution is 2.23. The zero-order valence-electron chi connectivity index (χ0n) is 11.0. The van der Waals surface area contributed by atoms with Crippen molar-refractivity contribution in [3.8, 4) is 0 Å². The maximum atomic E-state index is 5.96. The fourth-order valence-corrected chi connectivity index (χ4v) is 2.54. The first-order valence-corrected chi connectivity index (χ1v) is 6.58. The number of nitrogens with one attached hydrogen (secondary N) is 1. The van der Waals surface area contributed by atoms with Crippen LogP contribution in [0.1, 0.15) is 34.1 Å². The van der Waals surface area contributed by atoms with E-state index in [9.17, 15) is 0 Å². The predicted molar refractivity (Wildman–Crippen MR) is 71.9 cm³/mol.